The lowest BCUT2D eigenvalue weighted by Crippen LogP contribution is -2.35. The fourth-order valence-electron chi connectivity index (χ4n) is 1.23. The highest BCUT2D eigenvalue weighted by Gasteiger charge is 2.02. The van der Waals surface area contributed by atoms with Crippen LogP contribution in [-0.4, -0.2) is 37.0 Å². The molecule has 0 aliphatic carbocycles. The van der Waals surface area contributed by atoms with Gasteiger partial charge in [0, 0.05) is 13.1 Å². The van der Waals surface area contributed by atoms with Gasteiger partial charge in [-0.2, -0.15) is 5.26 Å². The topological polar surface area (TPSA) is 56.1 Å². The van der Waals surface area contributed by atoms with Crippen LogP contribution in [0.4, 0.5) is 0 Å². The van der Waals surface area contributed by atoms with E-state index in [9.17, 15) is 4.79 Å². The average Bonchev–Trinajstić information content (AvgIpc) is 2.17. The number of nitriles is 1. The first-order valence-electron chi connectivity index (χ1n) is 5.10. The van der Waals surface area contributed by atoms with Gasteiger partial charge in [-0.1, -0.05) is 13.8 Å². The van der Waals surface area contributed by atoms with Gasteiger partial charge in [0.2, 0.25) is 5.91 Å². The van der Waals surface area contributed by atoms with Crippen molar-refractivity contribution in [2.45, 2.75) is 26.7 Å². The molecule has 0 saturated carbocycles. The van der Waals surface area contributed by atoms with Crippen LogP contribution in [-0.2, 0) is 4.79 Å². The summed E-state index contributed by atoms with van der Waals surface area (Å²) >= 11 is 0. The maximum atomic E-state index is 10.9. The van der Waals surface area contributed by atoms with E-state index in [0.717, 1.165) is 26.1 Å². The molecule has 0 aromatic carbocycles. The summed E-state index contributed by atoms with van der Waals surface area (Å²) in [5.41, 5.74) is 0. The molecular weight excluding hydrogens is 178 g/mol. The first kappa shape index (κ1) is 12.9. The molecule has 0 radical (unpaired) electrons. The molecule has 0 spiro atoms. The Morgan fingerprint density at radius 2 is 2.14 bits per heavy atom. The van der Waals surface area contributed by atoms with E-state index in [0.29, 0.717) is 6.54 Å². The van der Waals surface area contributed by atoms with Gasteiger partial charge in [-0.05, 0) is 19.5 Å². The van der Waals surface area contributed by atoms with Crippen molar-refractivity contribution >= 4 is 5.91 Å². The molecule has 80 valence electrons. The monoisotopic (exact) mass is 197 g/mol. The highest BCUT2D eigenvalue weighted by atomic mass is 16.1. The summed E-state index contributed by atoms with van der Waals surface area (Å²) in [6.45, 7) is 7.80. The number of carbonyl (C=O) groups is 1. The molecule has 0 bridgehead atoms. The second-order valence-corrected chi connectivity index (χ2v) is 3.12. The van der Waals surface area contributed by atoms with Crippen LogP contribution in [0, 0.1) is 11.3 Å². The van der Waals surface area contributed by atoms with E-state index in [1.807, 2.05) is 6.07 Å². The third kappa shape index (κ3) is 6.44. The molecule has 0 rings (SSSR count). The first-order chi connectivity index (χ1) is 6.74. The molecule has 0 aliphatic rings. The normalized spacial score (nSPS) is 9.86. The van der Waals surface area contributed by atoms with E-state index >= 15 is 0 Å². The molecule has 0 aromatic rings. The number of amides is 1. The van der Waals surface area contributed by atoms with Gasteiger partial charge >= 0.3 is 0 Å². The highest BCUT2D eigenvalue weighted by molar-refractivity contribution is 5.77. The van der Waals surface area contributed by atoms with Crippen molar-refractivity contribution in [2.75, 3.05) is 26.2 Å². The Morgan fingerprint density at radius 3 is 2.64 bits per heavy atom. The SMILES string of the molecule is CCCN(CC)CCNC(=O)CC#N. The second-order valence-electron chi connectivity index (χ2n) is 3.12. The van der Waals surface area contributed by atoms with Crippen LogP contribution in [0.15, 0.2) is 0 Å². The molecule has 0 aliphatic heterocycles. The standard InChI is InChI=1S/C10H19N3O/c1-3-8-13(4-2)9-7-12-10(14)5-6-11/h3-5,7-9H2,1-2H3,(H,12,14). The van der Waals surface area contributed by atoms with E-state index < -0.39 is 0 Å². The van der Waals surface area contributed by atoms with Gasteiger partial charge in [0.15, 0.2) is 0 Å². The van der Waals surface area contributed by atoms with E-state index in [4.69, 9.17) is 5.26 Å². The van der Waals surface area contributed by atoms with Gasteiger partial charge in [0.05, 0.1) is 6.07 Å². The van der Waals surface area contributed by atoms with E-state index in [1.54, 1.807) is 0 Å². The zero-order valence-corrected chi connectivity index (χ0v) is 9.05. The average molecular weight is 197 g/mol. The number of hydrogen-bond donors (Lipinski definition) is 1. The van der Waals surface area contributed by atoms with Crippen LogP contribution >= 0.6 is 0 Å². The van der Waals surface area contributed by atoms with E-state index in [2.05, 4.69) is 24.1 Å². The van der Waals surface area contributed by atoms with Crippen molar-refractivity contribution in [1.82, 2.24) is 10.2 Å². The Labute approximate surface area is 85.9 Å². The minimum atomic E-state index is -0.181. The van der Waals surface area contributed by atoms with Crippen LogP contribution in [0.3, 0.4) is 0 Å². The summed E-state index contributed by atoms with van der Waals surface area (Å²) in [6.07, 6.45) is 1.08. The molecule has 14 heavy (non-hydrogen) atoms. The number of nitrogens with zero attached hydrogens (tertiary/aromatic N) is 2. The van der Waals surface area contributed by atoms with Crippen molar-refractivity contribution < 1.29 is 4.79 Å². The minimum Gasteiger partial charge on any atom is -0.354 e. The number of carbonyl (C=O) groups excluding carboxylic acids is 1. The maximum absolute atomic E-state index is 10.9. The fourth-order valence-corrected chi connectivity index (χ4v) is 1.23. The number of hydrogen-bond acceptors (Lipinski definition) is 3. The lowest BCUT2D eigenvalue weighted by atomic mass is 10.4. The predicted molar refractivity (Wildman–Crippen MR) is 55.6 cm³/mol. The Bertz CT molecular complexity index is 198. The third-order valence-electron chi connectivity index (χ3n) is 1.98. The van der Waals surface area contributed by atoms with Crippen molar-refractivity contribution in [3.8, 4) is 6.07 Å². The Hall–Kier alpha value is -1.08. The van der Waals surface area contributed by atoms with Crippen molar-refractivity contribution in [2.24, 2.45) is 0 Å². The molecule has 4 heteroatoms. The van der Waals surface area contributed by atoms with Gasteiger partial charge < -0.3 is 10.2 Å². The molecular formula is C10H19N3O. The summed E-state index contributed by atoms with van der Waals surface area (Å²) in [6, 6.07) is 1.82. The Morgan fingerprint density at radius 1 is 1.43 bits per heavy atom. The molecule has 0 aromatic heterocycles. The molecule has 0 unspecified atom stereocenters. The lowest BCUT2D eigenvalue weighted by Gasteiger charge is -2.19. The summed E-state index contributed by atoms with van der Waals surface area (Å²) in [7, 11) is 0. The quantitative estimate of drug-likeness (QED) is 0.655. The summed E-state index contributed by atoms with van der Waals surface area (Å²) in [4.78, 5) is 13.2. The van der Waals surface area contributed by atoms with Crippen LogP contribution in [0.2, 0.25) is 0 Å². The largest absolute Gasteiger partial charge is 0.354 e. The van der Waals surface area contributed by atoms with Crippen molar-refractivity contribution in [3.05, 3.63) is 0 Å². The van der Waals surface area contributed by atoms with Gasteiger partial charge in [-0.3, -0.25) is 4.79 Å². The van der Waals surface area contributed by atoms with Crippen LogP contribution < -0.4 is 5.32 Å². The van der Waals surface area contributed by atoms with Gasteiger partial charge in [0.25, 0.3) is 0 Å². The highest BCUT2D eigenvalue weighted by Crippen LogP contribution is 1.89. The zero-order chi connectivity index (χ0) is 10.8. The van der Waals surface area contributed by atoms with E-state index in [1.165, 1.54) is 0 Å². The molecule has 0 saturated heterocycles. The predicted octanol–water partition coefficient (Wildman–Crippen LogP) is 0.748. The summed E-state index contributed by atoms with van der Waals surface area (Å²) in [5, 5.41) is 11.0. The lowest BCUT2D eigenvalue weighted by molar-refractivity contribution is -0.120. The van der Waals surface area contributed by atoms with Gasteiger partial charge in [-0.15, -0.1) is 0 Å². The number of likely N-dealkylation sites (N-methyl/N-ethyl adjacent to an activating group) is 1. The van der Waals surface area contributed by atoms with Crippen LogP contribution in [0.5, 0.6) is 0 Å². The van der Waals surface area contributed by atoms with Gasteiger partial charge in [-0.25, -0.2) is 0 Å². The Kier molecular flexibility index (Phi) is 7.86. The smallest absolute Gasteiger partial charge is 0.234 e. The maximum Gasteiger partial charge on any atom is 0.234 e. The molecule has 0 atom stereocenters. The second kappa shape index (κ2) is 8.52. The first-order valence-corrected chi connectivity index (χ1v) is 5.10. The van der Waals surface area contributed by atoms with Crippen molar-refractivity contribution in [1.29, 1.82) is 5.26 Å². The van der Waals surface area contributed by atoms with Gasteiger partial charge in [0.1, 0.15) is 6.42 Å². The molecule has 1 N–H and O–H groups in total. The van der Waals surface area contributed by atoms with Crippen molar-refractivity contribution in [3.63, 3.8) is 0 Å². The number of nitrogens with one attached hydrogen (secondary N) is 1. The Balaban J connectivity index is 3.51. The molecule has 0 fully saturated rings. The summed E-state index contributed by atoms with van der Waals surface area (Å²) < 4.78 is 0. The number of rotatable bonds is 7. The van der Waals surface area contributed by atoms with Crippen LogP contribution in [0.25, 0.3) is 0 Å². The fraction of sp³-hybridized carbons (Fsp3) is 0.800. The zero-order valence-electron chi connectivity index (χ0n) is 9.05. The minimum absolute atomic E-state index is 0.0418. The van der Waals surface area contributed by atoms with E-state index in [-0.39, 0.29) is 12.3 Å². The molecule has 0 heterocycles. The third-order valence-corrected chi connectivity index (χ3v) is 1.98. The molecule has 4 nitrogen and oxygen atoms in total. The molecule has 1 amide bonds. The summed E-state index contributed by atoms with van der Waals surface area (Å²) in [5.74, 6) is -0.181. The van der Waals surface area contributed by atoms with Crippen LogP contribution in [0.1, 0.15) is 26.7 Å².